The van der Waals surface area contributed by atoms with Gasteiger partial charge in [-0.15, -0.1) is 11.3 Å². The number of hydrogen-bond acceptors (Lipinski definition) is 8. The molecule has 210 valence electrons. The first kappa shape index (κ1) is 29.9. The molecule has 3 aliphatic rings. The van der Waals surface area contributed by atoms with Crippen molar-refractivity contribution in [2.75, 3.05) is 46.8 Å². The van der Waals surface area contributed by atoms with Crippen LogP contribution >= 0.6 is 22.7 Å². The molecule has 0 N–H and O–H groups in total. The summed E-state index contributed by atoms with van der Waals surface area (Å²) in [4.78, 5) is 2.63. The maximum Gasteiger partial charge on any atom is 0.221 e. The van der Waals surface area contributed by atoms with Gasteiger partial charge in [0.15, 0.2) is 17.2 Å². The molecule has 0 aliphatic carbocycles. The fourth-order valence-corrected chi connectivity index (χ4v) is 6.30. The summed E-state index contributed by atoms with van der Waals surface area (Å²) in [6.07, 6.45) is 15.1. The minimum atomic E-state index is 0.620. The number of aryl methyl sites for hydroxylation is 2. The summed E-state index contributed by atoms with van der Waals surface area (Å²) in [5, 5.41) is 2.93. The Morgan fingerprint density at radius 2 is 1.27 bits per heavy atom. The lowest BCUT2D eigenvalue weighted by molar-refractivity contribution is 0.167. The van der Waals surface area contributed by atoms with Gasteiger partial charge in [0.25, 0.3) is 0 Å². The second-order valence-electron chi connectivity index (χ2n) is 9.36. The van der Waals surface area contributed by atoms with Gasteiger partial charge in [0.1, 0.15) is 26.4 Å². The second-order valence-corrected chi connectivity index (χ2v) is 11.4. The Labute approximate surface area is 231 Å². The predicted octanol–water partition coefficient (Wildman–Crippen LogP) is 8.09. The van der Waals surface area contributed by atoms with Gasteiger partial charge in [0.05, 0.1) is 16.9 Å². The van der Waals surface area contributed by atoms with Crippen LogP contribution in [-0.4, -0.2) is 46.8 Å². The van der Waals surface area contributed by atoms with E-state index in [1.165, 1.54) is 74.0 Å². The van der Waals surface area contributed by atoms with E-state index in [0.29, 0.717) is 26.4 Å². The van der Waals surface area contributed by atoms with Gasteiger partial charge in [0.2, 0.25) is 10.8 Å². The number of thiophene rings is 2. The molecule has 5 heterocycles. The minimum absolute atomic E-state index is 0.620. The smallest absolute Gasteiger partial charge is 0.221 e. The minimum Gasteiger partial charge on any atom is -0.485 e. The number of fused-ring (bicyclic) bond motifs is 2. The standard InChI is InChI=1S/C13H20O3S.C12H18O2S.C4H8O/c1-3-4-5-6-7-10-11-12(13(14-2)17-10)16-9-8-15-11;1-2-3-4-5-6-11-12-10(9-15-11)13-7-8-14-12;1-2-4-5-3-1/h3-9H2,1-2H3;9H,2-8H2,1H3;1-4H2. The average Bonchev–Trinajstić information content (AvgIpc) is 3.71. The van der Waals surface area contributed by atoms with Crippen molar-refractivity contribution in [1.29, 1.82) is 0 Å². The molecule has 0 saturated carbocycles. The van der Waals surface area contributed by atoms with Crippen LogP contribution in [0.2, 0.25) is 0 Å². The first-order valence-corrected chi connectivity index (χ1v) is 15.9. The molecule has 0 spiro atoms. The van der Waals surface area contributed by atoms with Crippen molar-refractivity contribution < 1.29 is 28.4 Å². The van der Waals surface area contributed by atoms with Crippen molar-refractivity contribution in [1.82, 2.24) is 0 Å². The molecule has 0 bridgehead atoms. The Morgan fingerprint density at radius 3 is 1.86 bits per heavy atom. The SMILES string of the molecule is C1CCOC1.CCCCCCc1sc(OC)c2c1OCCO2.CCCCCCc1scc2c1OCCO2. The first-order chi connectivity index (χ1) is 18.3. The Hall–Kier alpha value is -1.64. The molecular weight excluding hydrogens is 508 g/mol. The third-order valence-corrected chi connectivity index (χ3v) is 8.52. The topological polar surface area (TPSA) is 55.4 Å². The molecule has 5 rings (SSSR count). The summed E-state index contributed by atoms with van der Waals surface area (Å²) in [6.45, 7) is 9.13. The lowest BCUT2D eigenvalue weighted by atomic mass is 10.1. The fourth-order valence-electron chi connectivity index (χ4n) is 4.30. The molecule has 0 aromatic carbocycles. The van der Waals surface area contributed by atoms with Crippen LogP contribution in [-0.2, 0) is 17.6 Å². The van der Waals surface area contributed by atoms with E-state index < -0.39 is 0 Å². The first-order valence-electron chi connectivity index (χ1n) is 14.2. The average molecular weight is 555 g/mol. The number of hydrogen-bond donors (Lipinski definition) is 0. The van der Waals surface area contributed by atoms with Crippen LogP contribution in [0.25, 0.3) is 0 Å². The molecule has 0 unspecified atom stereocenters. The van der Waals surface area contributed by atoms with E-state index in [0.717, 1.165) is 54.1 Å². The molecule has 2 aromatic heterocycles. The van der Waals surface area contributed by atoms with Crippen LogP contribution in [0.15, 0.2) is 5.38 Å². The zero-order valence-electron chi connectivity index (χ0n) is 23.1. The molecule has 2 aromatic rings. The maximum absolute atomic E-state index is 5.70. The van der Waals surface area contributed by atoms with Gasteiger partial charge in [-0.2, -0.15) is 0 Å². The molecule has 37 heavy (non-hydrogen) atoms. The highest BCUT2D eigenvalue weighted by Crippen LogP contribution is 2.49. The van der Waals surface area contributed by atoms with Gasteiger partial charge in [-0.3, -0.25) is 0 Å². The van der Waals surface area contributed by atoms with Gasteiger partial charge in [-0.05, 0) is 38.5 Å². The molecule has 1 fully saturated rings. The van der Waals surface area contributed by atoms with Crippen molar-refractivity contribution in [2.45, 2.75) is 90.9 Å². The van der Waals surface area contributed by atoms with Crippen LogP contribution in [0.1, 0.15) is 87.8 Å². The number of methoxy groups -OCH3 is 1. The summed E-state index contributed by atoms with van der Waals surface area (Å²) < 4.78 is 32.7. The molecule has 0 radical (unpaired) electrons. The summed E-state index contributed by atoms with van der Waals surface area (Å²) in [5.74, 6) is 3.71. The monoisotopic (exact) mass is 554 g/mol. The molecule has 3 aliphatic heterocycles. The van der Waals surface area contributed by atoms with E-state index in [1.54, 1.807) is 29.8 Å². The van der Waals surface area contributed by atoms with E-state index in [9.17, 15) is 0 Å². The number of rotatable bonds is 11. The second kappa shape index (κ2) is 17.8. The van der Waals surface area contributed by atoms with Gasteiger partial charge < -0.3 is 28.4 Å². The third-order valence-electron chi connectivity index (χ3n) is 6.34. The normalized spacial score (nSPS) is 15.3. The molecule has 8 heteroatoms. The largest absolute Gasteiger partial charge is 0.485 e. The van der Waals surface area contributed by atoms with Crippen LogP contribution < -0.4 is 23.7 Å². The lowest BCUT2D eigenvalue weighted by Gasteiger charge is -2.16. The third kappa shape index (κ3) is 9.88. The zero-order valence-corrected chi connectivity index (χ0v) is 24.7. The Morgan fingerprint density at radius 1 is 0.676 bits per heavy atom. The summed E-state index contributed by atoms with van der Waals surface area (Å²) in [7, 11) is 1.69. The van der Waals surface area contributed by atoms with Crippen molar-refractivity contribution in [3.05, 3.63) is 15.1 Å². The molecule has 1 saturated heterocycles. The molecular formula is C29H46O6S2. The van der Waals surface area contributed by atoms with E-state index >= 15 is 0 Å². The Kier molecular flexibility index (Phi) is 14.4. The van der Waals surface area contributed by atoms with E-state index in [-0.39, 0.29) is 0 Å². The van der Waals surface area contributed by atoms with Crippen LogP contribution in [0.3, 0.4) is 0 Å². The summed E-state index contributed by atoms with van der Waals surface area (Å²) in [5.41, 5.74) is 0. The van der Waals surface area contributed by atoms with Crippen molar-refractivity contribution in [2.24, 2.45) is 0 Å². The van der Waals surface area contributed by atoms with Crippen molar-refractivity contribution >= 4 is 22.7 Å². The highest BCUT2D eigenvalue weighted by molar-refractivity contribution is 7.14. The highest BCUT2D eigenvalue weighted by Gasteiger charge is 2.24. The van der Waals surface area contributed by atoms with E-state index in [2.05, 4.69) is 19.2 Å². The van der Waals surface area contributed by atoms with Gasteiger partial charge >= 0.3 is 0 Å². The predicted molar refractivity (Wildman–Crippen MR) is 153 cm³/mol. The number of unbranched alkanes of at least 4 members (excludes halogenated alkanes) is 6. The maximum atomic E-state index is 5.70. The Balaban J connectivity index is 0.000000174. The van der Waals surface area contributed by atoms with Gasteiger partial charge in [0, 0.05) is 18.6 Å². The van der Waals surface area contributed by atoms with E-state index in [1.807, 2.05) is 0 Å². The summed E-state index contributed by atoms with van der Waals surface area (Å²) in [6, 6.07) is 0. The van der Waals surface area contributed by atoms with E-state index in [4.69, 9.17) is 28.4 Å². The summed E-state index contributed by atoms with van der Waals surface area (Å²) >= 11 is 3.43. The number of ether oxygens (including phenoxy) is 6. The van der Waals surface area contributed by atoms with Crippen LogP contribution in [0.4, 0.5) is 0 Å². The van der Waals surface area contributed by atoms with Gasteiger partial charge in [-0.25, -0.2) is 0 Å². The van der Waals surface area contributed by atoms with Gasteiger partial charge in [-0.1, -0.05) is 63.7 Å². The van der Waals surface area contributed by atoms with Crippen LogP contribution in [0.5, 0.6) is 28.1 Å². The molecule has 0 atom stereocenters. The Bertz CT molecular complexity index is 867. The van der Waals surface area contributed by atoms with Crippen molar-refractivity contribution in [3.63, 3.8) is 0 Å². The van der Waals surface area contributed by atoms with Crippen molar-refractivity contribution in [3.8, 4) is 28.1 Å². The molecule has 6 nitrogen and oxygen atoms in total. The lowest BCUT2D eigenvalue weighted by Crippen LogP contribution is -2.15. The fraction of sp³-hybridized carbons (Fsp3) is 0.724. The quantitative estimate of drug-likeness (QED) is 0.262. The molecule has 0 amide bonds. The van der Waals surface area contributed by atoms with Crippen LogP contribution in [0, 0.1) is 0 Å². The zero-order chi connectivity index (χ0) is 26.1. The highest BCUT2D eigenvalue weighted by atomic mass is 32.1.